The number of rotatable bonds is 10. The van der Waals surface area contributed by atoms with E-state index in [1.165, 1.54) is 0 Å². The van der Waals surface area contributed by atoms with Crippen LogP contribution in [0.15, 0.2) is 0 Å². The number of ether oxygens (including phenoxy) is 1. The molecule has 0 aliphatic rings. The summed E-state index contributed by atoms with van der Waals surface area (Å²) in [6.45, 7) is 4.14. The lowest BCUT2D eigenvalue weighted by Gasteiger charge is -2.11. The van der Waals surface area contributed by atoms with Crippen molar-refractivity contribution in [2.45, 2.75) is 76.0 Å². The van der Waals surface area contributed by atoms with Crippen molar-refractivity contribution in [2.24, 2.45) is 0 Å². The van der Waals surface area contributed by atoms with E-state index in [0.717, 1.165) is 38.5 Å². The quantitative estimate of drug-likeness (QED) is 0.259. The minimum Gasteiger partial charge on any atom is -0.391 e. The van der Waals surface area contributed by atoms with Gasteiger partial charge in [-0.2, -0.15) is 0 Å². The van der Waals surface area contributed by atoms with Crippen LogP contribution in [0.4, 0.5) is 0 Å². The number of carbonyl (C=O) groups excluding carboxylic acids is 2. The summed E-state index contributed by atoms with van der Waals surface area (Å²) >= 11 is 11.7. The molecule has 5 heteroatoms. The second-order valence-corrected chi connectivity index (χ2v) is 5.72. The third-order valence-corrected chi connectivity index (χ3v) is 3.63. The van der Waals surface area contributed by atoms with Gasteiger partial charge in [0.1, 0.15) is 10.8 Å². The molecule has 0 spiro atoms. The van der Waals surface area contributed by atoms with Gasteiger partial charge in [0.05, 0.1) is 0 Å². The zero-order valence-electron chi connectivity index (χ0n) is 11.8. The molecule has 0 fully saturated rings. The van der Waals surface area contributed by atoms with Gasteiger partial charge in [0.15, 0.2) is 0 Å². The Bertz CT molecular complexity index is 243. The van der Waals surface area contributed by atoms with Crippen molar-refractivity contribution in [3.63, 3.8) is 0 Å². The molecule has 0 aliphatic heterocycles. The topological polar surface area (TPSA) is 43.4 Å². The summed E-state index contributed by atoms with van der Waals surface area (Å²) in [6, 6.07) is 0. The first-order chi connectivity index (χ1) is 9.02. The van der Waals surface area contributed by atoms with E-state index in [-0.39, 0.29) is 0 Å². The Kier molecular flexibility index (Phi) is 11.4. The Labute approximate surface area is 126 Å². The average molecular weight is 311 g/mol. The molecule has 0 radical (unpaired) electrons. The van der Waals surface area contributed by atoms with Crippen molar-refractivity contribution < 1.29 is 14.3 Å². The fourth-order valence-electron chi connectivity index (χ4n) is 1.61. The fraction of sp³-hybridized carbons (Fsp3) is 0.857. The van der Waals surface area contributed by atoms with Crippen LogP contribution in [0.2, 0.25) is 0 Å². The van der Waals surface area contributed by atoms with Crippen molar-refractivity contribution in [3.8, 4) is 0 Å². The van der Waals surface area contributed by atoms with E-state index in [1.54, 1.807) is 0 Å². The van der Waals surface area contributed by atoms with Crippen LogP contribution < -0.4 is 0 Å². The maximum absolute atomic E-state index is 11.5. The highest BCUT2D eigenvalue weighted by Gasteiger charge is 2.24. The van der Waals surface area contributed by atoms with Gasteiger partial charge in [0.2, 0.25) is 0 Å². The molecule has 112 valence electrons. The molecule has 0 aromatic carbocycles. The van der Waals surface area contributed by atoms with Gasteiger partial charge in [-0.05, 0) is 12.8 Å². The normalized spacial score (nSPS) is 13.9. The molecule has 0 saturated heterocycles. The number of alkyl halides is 2. The van der Waals surface area contributed by atoms with Gasteiger partial charge in [-0.3, -0.25) is 0 Å². The summed E-state index contributed by atoms with van der Waals surface area (Å²) < 4.78 is 4.69. The molecule has 2 unspecified atom stereocenters. The highest BCUT2D eigenvalue weighted by Crippen LogP contribution is 2.14. The summed E-state index contributed by atoms with van der Waals surface area (Å²) in [4.78, 5) is 23.1. The number of unbranched alkanes of at least 4 members (excludes halogenated alkanes) is 4. The van der Waals surface area contributed by atoms with Crippen molar-refractivity contribution >= 4 is 35.1 Å². The molecule has 0 aromatic rings. The Morgan fingerprint density at radius 2 is 1.21 bits per heavy atom. The van der Waals surface area contributed by atoms with Crippen LogP contribution in [-0.2, 0) is 14.3 Å². The lowest BCUT2D eigenvalue weighted by atomic mass is 10.1. The highest BCUT2D eigenvalue weighted by atomic mass is 35.5. The molecule has 19 heavy (non-hydrogen) atoms. The van der Waals surface area contributed by atoms with Gasteiger partial charge in [-0.25, -0.2) is 9.59 Å². The molecule has 0 amide bonds. The SMILES string of the molecule is CCCCCC(Cl)C(=O)OC(=O)C(Cl)CCCCC. The van der Waals surface area contributed by atoms with Crippen LogP contribution in [0.1, 0.15) is 65.2 Å². The smallest absolute Gasteiger partial charge is 0.331 e. The third-order valence-electron chi connectivity index (χ3n) is 2.83. The summed E-state index contributed by atoms with van der Waals surface area (Å²) in [5.41, 5.74) is 0. The second kappa shape index (κ2) is 11.5. The zero-order chi connectivity index (χ0) is 14.7. The molecule has 2 atom stereocenters. The van der Waals surface area contributed by atoms with E-state index in [9.17, 15) is 9.59 Å². The average Bonchev–Trinajstić information content (AvgIpc) is 2.38. The molecular formula is C14H24Cl2O3. The molecule has 0 N–H and O–H groups in total. The molecule has 0 saturated carbocycles. The predicted octanol–water partition coefficient (Wildman–Crippen LogP) is 4.43. The molecule has 0 heterocycles. The molecule has 0 bridgehead atoms. The third kappa shape index (κ3) is 9.28. The summed E-state index contributed by atoms with van der Waals surface area (Å²) in [6.07, 6.45) is 6.91. The number of halogens is 2. The van der Waals surface area contributed by atoms with Crippen LogP contribution in [0, 0.1) is 0 Å². The Morgan fingerprint density at radius 1 is 0.842 bits per heavy atom. The minimum absolute atomic E-state index is 0.532. The summed E-state index contributed by atoms with van der Waals surface area (Å²) in [5.74, 6) is -1.35. The van der Waals surface area contributed by atoms with Crippen LogP contribution >= 0.6 is 23.2 Å². The van der Waals surface area contributed by atoms with Crippen LogP contribution in [0.3, 0.4) is 0 Å². The van der Waals surface area contributed by atoms with Gasteiger partial charge < -0.3 is 4.74 Å². The Morgan fingerprint density at radius 3 is 1.53 bits per heavy atom. The first-order valence-electron chi connectivity index (χ1n) is 7.06. The molecule has 3 nitrogen and oxygen atoms in total. The Balaban J connectivity index is 3.92. The van der Waals surface area contributed by atoms with E-state index in [0.29, 0.717) is 12.8 Å². The van der Waals surface area contributed by atoms with Crippen molar-refractivity contribution in [1.82, 2.24) is 0 Å². The second-order valence-electron chi connectivity index (χ2n) is 4.67. The lowest BCUT2D eigenvalue weighted by Crippen LogP contribution is -2.26. The van der Waals surface area contributed by atoms with E-state index in [4.69, 9.17) is 27.9 Å². The van der Waals surface area contributed by atoms with Crippen molar-refractivity contribution in [1.29, 1.82) is 0 Å². The van der Waals surface area contributed by atoms with E-state index in [1.807, 2.05) is 0 Å². The van der Waals surface area contributed by atoms with Crippen LogP contribution in [0.5, 0.6) is 0 Å². The minimum atomic E-state index is -0.755. The first kappa shape index (κ1) is 18.7. The van der Waals surface area contributed by atoms with E-state index >= 15 is 0 Å². The number of carbonyl (C=O) groups is 2. The predicted molar refractivity (Wildman–Crippen MR) is 78.7 cm³/mol. The van der Waals surface area contributed by atoms with Gasteiger partial charge in [-0.1, -0.05) is 52.4 Å². The molecule has 0 aromatic heterocycles. The monoisotopic (exact) mass is 310 g/mol. The summed E-state index contributed by atoms with van der Waals surface area (Å²) in [7, 11) is 0. The van der Waals surface area contributed by atoms with Gasteiger partial charge in [0, 0.05) is 0 Å². The lowest BCUT2D eigenvalue weighted by molar-refractivity contribution is -0.159. The summed E-state index contributed by atoms with van der Waals surface area (Å²) in [5, 5.41) is -1.51. The maximum Gasteiger partial charge on any atom is 0.331 e. The van der Waals surface area contributed by atoms with E-state index < -0.39 is 22.7 Å². The largest absolute Gasteiger partial charge is 0.391 e. The number of hydrogen-bond acceptors (Lipinski definition) is 3. The highest BCUT2D eigenvalue weighted by molar-refractivity contribution is 6.33. The van der Waals surface area contributed by atoms with Crippen LogP contribution in [-0.4, -0.2) is 22.7 Å². The van der Waals surface area contributed by atoms with Gasteiger partial charge in [-0.15, -0.1) is 23.2 Å². The Hall–Kier alpha value is -0.280. The van der Waals surface area contributed by atoms with Crippen LogP contribution in [0.25, 0.3) is 0 Å². The van der Waals surface area contributed by atoms with Gasteiger partial charge >= 0.3 is 11.9 Å². The zero-order valence-corrected chi connectivity index (χ0v) is 13.3. The fourth-order valence-corrected chi connectivity index (χ4v) is 2.01. The maximum atomic E-state index is 11.5. The molecule has 0 rings (SSSR count). The molecule has 0 aliphatic carbocycles. The molecular weight excluding hydrogens is 287 g/mol. The number of hydrogen-bond donors (Lipinski definition) is 0. The van der Waals surface area contributed by atoms with Crippen molar-refractivity contribution in [3.05, 3.63) is 0 Å². The number of esters is 2. The standard InChI is InChI=1S/C14H24Cl2O3/c1-3-5-7-9-11(15)13(17)19-14(18)12(16)10-8-6-4-2/h11-12H,3-10H2,1-2H3. The van der Waals surface area contributed by atoms with Gasteiger partial charge in [0.25, 0.3) is 0 Å². The van der Waals surface area contributed by atoms with E-state index in [2.05, 4.69) is 13.8 Å². The van der Waals surface area contributed by atoms with Crippen molar-refractivity contribution in [2.75, 3.05) is 0 Å². The first-order valence-corrected chi connectivity index (χ1v) is 7.93.